The Balaban J connectivity index is 1.90. The summed E-state index contributed by atoms with van der Waals surface area (Å²) in [5, 5.41) is 6.23. The molecule has 0 aliphatic rings. The molecule has 0 radical (unpaired) electrons. The number of ether oxygens (including phenoxy) is 2. The zero-order valence-corrected chi connectivity index (χ0v) is 20.3. The maximum absolute atomic E-state index is 13.3. The number of anilines is 1. The van der Waals surface area contributed by atoms with Crippen LogP contribution >= 0.6 is 0 Å². The van der Waals surface area contributed by atoms with Crippen LogP contribution in [0.4, 0.5) is 5.69 Å². The number of rotatable bonds is 9. The van der Waals surface area contributed by atoms with E-state index in [1.807, 2.05) is 70.2 Å². The van der Waals surface area contributed by atoms with Crippen molar-refractivity contribution < 1.29 is 19.1 Å². The first-order valence-corrected chi connectivity index (χ1v) is 11.2. The lowest BCUT2D eigenvalue weighted by molar-refractivity contribution is 0.00622. The van der Waals surface area contributed by atoms with Crippen molar-refractivity contribution in [1.82, 2.24) is 15.3 Å². The van der Waals surface area contributed by atoms with Crippen molar-refractivity contribution in [3.63, 3.8) is 0 Å². The number of pyridine rings is 1. The standard InChI is InChI=1S/C26H32N4O4/c1-6-20-22(24(31)29-15-18-9-7-8-14-27-18)21(30-23(20)25(32)34-26(2,3)4)16-28-17-10-12-19(33-5)13-11-17/h7-14,28,30H,6,15-16H2,1-5H3,(H,29,31). The molecule has 0 bridgehead atoms. The first kappa shape index (κ1) is 24.8. The van der Waals surface area contributed by atoms with Crippen molar-refractivity contribution in [1.29, 1.82) is 0 Å². The predicted octanol–water partition coefficient (Wildman–Crippen LogP) is 4.48. The molecule has 0 saturated heterocycles. The molecule has 1 amide bonds. The molecular weight excluding hydrogens is 432 g/mol. The van der Waals surface area contributed by atoms with Gasteiger partial charge in [-0.05, 0) is 69.2 Å². The summed E-state index contributed by atoms with van der Waals surface area (Å²) in [5.74, 6) is -0.0144. The van der Waals surface area contributed by atoms with E-state index in [9.17, 15) is 9.59 Å². The molecular formula is C26H32N4O4. The molecule has 1 aromatic carbocycles. The van der Waals surface area contributed by atoms with E-state index >= 15 is 0 Å². The molecule has 2 aromatic heterocycles. The van der Waals surface area contributed by atoms with Crippen molar-refractivity contribution >= 4 is 17.6 Å². The van der Waals surface area contributed by atoms with Gasteiger partial charge >= 0.3 is 5.97 Å². The normalized spacial score (nSPS) is 11.1. The topological polar surface area (TPSA) is 105 Å². The third-order valence-electron chi connectivity index (χ3n) is 5.08. The molecule has 3 rings (SSSR count). The highest BCUT2D eigenvalue weighted by Crippen LogP contribution is 2.24. The van der Waals surface area contributed by atoms with E-state index in [4.69, 9.17) is 9.47 Å². The molecule has 0 unspecified atom stereocenters. The van der Waals surface area contributed by atoms with Crippen LogP contribution in [0.1, 0.15) is 65.5 Å². The zero-order chi connectivity index (χ0) is 24.7. The summed E-state index contributed by atoms with van der Waals surface area (Å²) in [7, 11) is 1.61. The smallest absolute Gasteiger partial charge is 0.355 e. The van der Waals surface area contributed by atoms with Crippen LogP contribution in [0.25, 0.3) is 0 Å². The average Bonchev–Trinajstić information content (AvgIpc) is 3.20. The van der Waals surface area contributed by atoms with Crippen LogP contribution in [0.3, 0.4) is 0 Å². The highest BCUT2D eigenvalue weighted by molar-refractivity contribution is 6.01. The van der Waals surface area contributed by atoms with Crippen molar-refractivity contribution in [3.05, 3.63) is 76.9 Å². The molecule has 0 spiro atoms. The average molecular weight is 465 g/mol. The number of hydrogen-bond donors (Lipinski definition) is 3. The summed E-state index contributed by atoms with van der Waals surface area (Å²) >= 11 is 0. The number of aromatic amines is 1. The van der Waals surface area contributed by atoms with E-state index in [2.05, 4.69) is 20.6 Å². The van der Waals surface area contributed by atoms with Gasteiger partial charge in [0.15, 0.2) is 0 Å². The Morgan fingerprint density at radius 1 is 1.06 bits per heavy atom. The number of hydrogen-bond acceptors (Lipinski definition) is 6. The number of esters is 1. The molecule has 34 heavy (non-hydrogen) atoms. The van der Waals surface area contributed by atoms with Gasteiger partial charge in [-0.3, -0.25) is 9.78 Å². The van der Waals surface area contributed by atoms with Gasteiger partial charge in [0.05, 0.1) is 31.5 Å². The molecule has 0 aliphatic carbocycles. The second kappa shape index (κ2) is 10.9. The SMILES string of the molecule is CCc1c(C(=O)OC(C)(C)C)[nH]c(CNc2ccc(OC)cc2)c1C(=O)NCc1ccccn1. The molecule has 0 atom stereocenters. The number of nitrogens with zero attached hydrogens (tertiary/aromatic N) is 1. The van der Waals surface area contributed by atoms with Crippen molar-refractivity contribution in [2.24, 2.45) is 0 Å². The maximum atomic E-state index is 13.3. The van der Waals surface area contributed by atoms with Gasteiger partial charge in [-0.1, -0.05) is 13.0 Å². The molecule has 2 heterocycles. The van der Waals surface area contributed by atoms with Crippen LogP contribution in [0.15, 0.2) is 48.7 Å². The van der Waals surface area contributed by atoms with Crippen LogP contribution in [-0.2, 0) is 24.2 Å². The van der Waals surface area contributed by atoms with Gasteiger partial charge in [-0.2, -0.15) is 0 Å². The van der Waals surface area contributed by atoms with Gasteiger partial charge in [0.25, 0.3) is 5.91 Å². The third-order valence-corrected chi connectivity index (χ3v) is 5.08. The predicted molar refractivity (Wildman–Crippen MR) is 131 cm³/mol. The number of H-pyrrole nitrogens is 1. The van der Waals surface area contributed by atoms with E-state index in [1.54, 1.807) is 13.3 Å². The molecule has 180 valence electrons. The summed E-state index contributed by atoms with van der Waals surface area (Å²) in [6.07, 6.45) is 2.17. The lowest BCUT2D eigenvalue weighted by Crippen LogP contribution is -2.26. The Bertz CT molecular complexity index is 1120. The number of methoxy groups -OCH3 is 1. The van der Waals surface area contributed by atoms with Crippen LogP contribution in [0.5, 0.6) is 5.75 Å². The second-order valence-corrected chi connectivity index (χ2v) is 8.77. The van der Waals surface area contributed by atoms with E-state index in [1.165, 1.54) is 0 Å². The molecule has 3 aromatic rings. The number of nitrogens with one attached hydrogen (secondary N) is 3. The number of carbonyl (C=O) groups excluding carboxylic acids is 2. The quantitative estimate of drug-likeness (QED) is 0.403. The summed E-state index contributed by atoms with van der Waals surface area (Å²) in [4.78, 5) is 33.6. The van der Waals surface area contributed by atoms with Gasteiger partial charge in [-0.15, -0.1) is 0 Å². The van der Waals surface area contributed by atoms with E-state index < -0.39 is 11.6 Å². The van der Waals surface area contributed by atoms with Crippen molar-refractivity contribution in [2.75, 3.05) is 12.4 Å². The third kappa shape index (κ3) is 6.37. The van der Waals surface area contributed by atoms with Crippen LogP contribution in [0.2, 0.25) is 0 Å². The Morgan fingerprint density at radius 3 is 2.38 bits per heavy atom. The minimum Gasteiger partial charge on any atom is -0.497 e. The Kier molecular flexibility index (Phi) is 7.94. The summed E-state index contributed by atoms with van der Waals surface area (Å²) < 4.78 is 10.8. The first-order chi connectivity index (χ1) is 16.2. The number of aromatic nitrogens is 2. The van der Waals surface area contributed by atoms with Gasteiger partial charge in [0.2, 0.25) is 0 Å². The second-order valence-electron chi connectivity index (χ2n) is 8.77. The van der Waals surface area contributed by atoms with E-state index in [0.717, 1.165) is 17.1 Å². The minimum absolute atomic E-state index is 0.278. The van der Waals surface area contributed by atoms with Gasteiger partial charge in [0, 0.05) is 17.6 Å². The van der Waals surface area contributed by atoms with Crippen LogP contribution in [-0.4, -0.2) is 34.6 Å². The van der Waals surface area contributed by atoms with Gasteiger partial charge < -0.3 is 25.1 Å². The summed E-state index contributed by atoms with van der Waals surface area (Å²) in [6, 6.07) is 13.0. The monoisotopic (exact) mass is 464 g/mol. The highest BCUT2D eigenvalue weighted by Gasteiger charge is 2.28. The Hall–Kier alpha value is -3.81. The van der Waals surface area contributed by atoms with Gasteiger partial charge in [0.1, 0.15) is 17.0 Å². The first-order valence-electron chi connectivity index (χ1n) is 11.2. The van der Waals surface area contributed by atoms with Gasteiger partial charge in [-0.25, -0.2) is 4.79 Å². The zero-order valence-electron chi connectivity index (χ0n) is 20.3. The van der Waals surface area contributed by atoms with Crippen LogP contribution in [0, 0.1) is 0 Å². The van der Waals surface area contributed by atoms with Crippen molar-refractivity contribution in [3.8, 4) is 5.75 Å². The van der Waals surface area contributed by atoms with E-state index in [0.29, 0.717) is 35.5 Å². The molecule has 0 fully saturated rings. The maximum Gasteiger partial charge on any atom is 0.355 e. The van der Waals surface area contributed by atoms with Crippen LogP contribution < -0.4 is 15.4 Å². The lowest BCUT2D eigenvalue weighted by Gasteiger charge is -2.19. The fraction of sp³-hybridized carbons (Fsp3) is 0.346. The minimum atomic E-state index is -0.657. The molecule has 0 aliphatic heterocycles. The summed E-state index contributed by atoms with van der Waals surface area (Å²) in [5.41, 5.74) is 2.91. The fourth-order valence-corrected chi connectivity index (χ4v) is 3.52. The lowest BCUT2D eigenvalue weighted by atomic mass is 10.0. The Morgan fingerprint density at radius 2 is 1.79 bits per heavy atom. The molecule has 0 saturated carbocycles. The fourth-order valence-electron chi connectivity index (χ4n) is 3.52. The Labute approximate surface area is 200 Å². The number of amides is 1. The highest BCUT2D eigenvalue weighted by atomic mass is 16.6. The molecule has 8 nitrogen and oxygen atoms in total. The van der Waals surface area contributed by atoms with Crippen molar-refractivity contribution in [2.45, 2.75) is 52.8 Å². The summed E-state index contributed by atoms with van der Waals surface area (Å²) in [6.45, 7) is 7.94. The number of benzene rings is 1. The molecule has 3 N–H and O–H groups in total. The number of carbonyl (C=O) groups is 2. The van der Waals surface area contributed by atoms with E-state index in [-0.39, 0.29) is 12.5 Å². The largest absolute Gasteiger partial charge is 0.497 e. The molecule has 8 heteroatoms.